The molecule has 0 atom stereocenters. The zero-order valence-electron chi connectivity index (χ0n) is 10.5. The number of amides is 1. The molecule has 18 heavy (non-hydrogen) atoms. The van der Waals surface area contributed by atoms with Crippen LogP contribution in [0.4, 0.5) is 0 Å². The molecule has 0 bridgehead atoms. The van der Waals surface area contributed by atoms with Gasteiger partial charge in [-0.1, -0.05) is 11.6 Å². The Balaban J connectivity index is 2.53. The average Bonchev–Trinajstić information content (AvgIpc) is 2.33. The molecule has 0 radical (unpaired) electrons. The maximum Gasteiger partial charge on any atom is 0.223 e. The fourth-order valence-corrected chi connectivity index (χ4v) is 1.77. The number of hydrogen-bond donors (Lipinski definition) is 2. The number of nitrogens with two attached hydrogens (primary N) is 1. The summed E-state index contributed by atoms with van der Waals surface area (Å²) in [6.45, 7) is 3.41. The Kier molecular flexibility index (Phi) is 6.54. The van der Waals surface area contributed by atoms with E-state index in [0.29, 0.717) is 37.6 Å². The smallest absolute Gasteiger partial charge is 0.223 e. The second kappa shape index (κ2) is 7.95. The number of rotatable bonds is 7. The van der Waals surface area contributed by atoms with Gasteiger partial charge in [0.25, 0.3) is 0 Å². The number of halogens is 1. The minimum Gasteiger partial charge on any atom is -0.493 e. The molecular formula is C13H19ClN2O2. The number of benzene rings is 1. The van der Waals surface area contributed by atoms with Crippen LogP contribution in [-0.4, -0.2) is 25.6 Å². The molecule has 0 aliphatic heterocycles. The summed E-state index contributed by atoms with van der Waals surface area (Å²) in [6, 6.07) is 5.42. The lowest BCUT2D eigenvalue weighted by atomic mass is 10.1. The summed E-state index contributed by atoms with van der Waals surface area (Å²) in [5.74, 6) is 0.737. The van der Waals surface area contributed by atoms with Crippen LogP contribution in [0.25, 0.3) is 0 Å². The van der Waals surface area contributed by atoms with Crippen molar-refractivity contribution in [2.75, 3.05) is 19.7 Å². The topological polar surface area (TPSA) is 64.3 Å². The van der Waals surface area contributed by atoms with Gasteiger partial charge < -0.3 is 15.8 Å². The minimum atomic E-state index is -0.00756. The maximum atomic E-state index is 11.3. The van der Waals surface area contributed by atoms with E-state index in [0.717, 1.165) is 11.3 Å². The van der Waals surface area contributed by atoms with E-state index in [1.807, 2.05) is 19.1 Å². The summed E-state index contributed by atoms with van der Waals surface area (Å²) in [7, 11) is 0. The van der Waals surface area contributed by atoms with E-state index in [2.05, 4.69) is 5.32 Å². The maximum absolute atomic E-state index is 11.3. The van der Waals surface area contributed by atoms with Gasteiger partial charge in [-0.3, -0.25) is 4.79 Å². The monoisotopic (exact) mass is 270 g/mol. The van der Waals surface area contributed by atoms with Crippen LogP contribution in [-0.2, 0) is 11.2 Å². The van der Waals surface area contributed by atoms with Gasteiger partial charge in [0.15, 0.2) is 0 Å². The lowest BCUT2D eigenvalue weighted by Crippen LogP contribution is -2.24. The molecule has 0 unspecified atom stereocenters. The Hall–Kier alpha value is -1.26. The van der Waals surface area contributed by atoms with Crippen LogP contribution >= 0.6 is 11.6 Å². The predicted molar refractivity (Wildman–Crippen MR) is 73.0 cm³/mol. The van der Waals surface area contributed by atoms with Gasteiger partial charge in [-0.25, -0.2) is 0 Å². The van der Waals surface area contributed by atoms with E-state index in [-0.39, 0.29) is 5.91 Å². The molecule has 1 aromatic rings. The Labute approximate surface area is 112 Å². The Morgan fingerprint density at radius 3 is 2.94 bits per heavy atom. The fraction of sp³-hybridized carbons (Fsp3) is 0.462. The van der Waals surface area contributed by atoms with Gasteiger partial charge in [0.2, 0.25) is 5.91 Å². The van der Waals surface area contributed by atoms with E-state index in [4.69, 9.17) is 22.1 Å². The molecule has 0 aliphatic rings. The second-order valence-electron chi connectivity index (χ2n) is 3.84. The molecule has 1 amide bonds. The largest absolute Gasteiger partial charge is 0.493 e. The summed E-state index contributed by atoms with van der Waals surface area (Å²) in [5, 5.41) is 3.38. The molecule has 1 rings (SSSR count). The third kappa shape index (κ3) is 4.94. The summed E-state index contributed by atoms with van der Waals surface area (Å²) < 4.78 is 5.59. The first-order valence-electron chi connectivity index (χ1n) is 6.05. The van der Waals surface area contributed by atoms with Gasteiger partial charge in [-0.15, -0.1) is 0 Å². The highest BCUT2D eigenvalue weighted by atomic mass is 35.5. The normalized spacial score (nSPS) is 10.2. The third-order valence-electron chi connectivity index (χ3n) is 2.40. The molecule has 0 aromatic heterocycles. The standard InChI is InChI=1S/C13H19ClN2O2/c1-2-16-13(17)6-8-18-12-4-3-11(14)9-10(12)5-7-15/h3-4,9H,2,5-8,15H2,1H3,(H,16,17). The number of carbonyl (C=O) groups is 1. The number of ether oxygens (including phenoxy) is 1. The van der Waals surface area contributed by atoms with Crippen molar-refractivity contribution in [2.24, 2.45) is 5.73 Å². The molecule has 0 fully saturated rings. The quantitative estimate of drug-likeness (QED) is 0.793. The average molecular weight is 271 g/mol. The zero-order chi connectivity index (χ0) is 13.4. The van der Waals surface area contributed by atoms with Gasteiger partial charge in [-0.05, 0) is 43.7 Å². The highest BCUT2D eigenvalue weighted by Crippen LogP contribution is 2.23. The van der Waals surface area contributed by atoms with Crippen LogP contribution in [0, 0.1) is 0 Å². The summed E-state index contributed by atoms with van der Waals surface area (Å²) >= 11 is 5.92. The van der Waals surface area contributed by atoms with Crippen molar-refractivity contribution in [3.63, 3.8) is 0 Å². The molecule has 5 heteroatoms. The molecule has 0 spiro atoms. The van der Waals surface area contributed by atoms with Gasteiger partial charge >= 0.3 is 0 Å². The van der Waals surface area contributed by atoms with Crippen molar-refractivity contribution in [2.45, 2.75) is 19.8 Å². The van der Waals surface area contributed by atoms with Crippen LogP contribution in [0.15, 0.2) is 18.2 Å². The molecule has 1 aromatic carbocycles. The zero-order valence-corrected chi connectivity index (χ0v) is 11.3. The summed E-state index contributed by atoms with van der Waals surface area (Å²) in [5.41, 5.74) is 6.51. The van der Waals surface area contributed by atoms with Gasteiger partial charge in [0, 0.05) is 11.6 Å². The lowest BCUT2D eigenvalue weighted by molar-refractivity contribution is -0.121. The van der Waals surface area contributed by atoms with Crippen LogP contribution in [0.1, 0.15) is 18.9 Å². The van der Waals surface area contributed by atoms with Crippen molar-refractivity contribution in [1.29, 1.82) is 0 Å². The molecule has 4 nitrogen and oxygen atoms in total. The predicted octanol–water partition coefficient (Wildman–Crippen LogP) is 1.75. The van der Waals surface area contributed by atoms with E-state index in [1.54, 1.807) is 6.07 Å². The molecule has 3 N–H and O–H groups in total. The van der Waals surface area contributed by atoms with Crippen LogP contribution in [0.3, 0.4) is 0 Å². The van der Waals surface area contributed by atoms with E-state index < -0.39 is 0 Å². The Morgan fingerprint density at radius 2 is 2.28 bits per heavy atom. The molecule has 0 aliphatic carbocycles. The first-order chi connectivity index (χ1) is 8.67. The van der Waals surface area contributed by atoms with Crippen molar-refractivity contribution in [3.8, 4) is 5.75 Å². The third-order valence-corrected chi connectivity index (χ3v) is 2.63. The van der Waals surface area contributed by atoms with Crippen LogP contribution in [0.5, 0.6) is 5.75 Å². The van der Waals surface area contributed by atoms with Crippen LogP contribution in [0.2, 0.25) is 5.02 Å². The summed E-state index contributed by atoms with van der Waals surface area (Å²) in [6.07, 6.45) is 1.05. The van der Waals surface area contributed by atoms with Crippen LogP contribution < -0.4 is 15.8 Å². The van der Waals surface area contributed by atoms with E-state index in [9.17, 15) is 4.79 Å². The van der Waals surface area contributed by atoms with Crippen molar-refractivity contribution in [3.05, 3.63) is 28.8 Å². The SMILES string of the molecule is CCNC(=O)CCOc1ccc(Cl)cc1CCN. The number of hydrogen-bond acceptors (Lipinski definition) is 3. The number of nitrogens with one attached hydrogen (secondary N) is 1. The van der Waals surface area contributed by atoms with Gasteiger partial charge in [0.1, 0.15) is 5.75 Å². The lowest BCUT2D eigenvalue weighted by Gasteiger charge is -2.11. The van der Waals surface area contributed by atoms with Crippen molar-refractivity contribution in [1.82, 2.24) is 5.32 Å². The highest BCUT2D eigenvalue weighted by molar-refractivity contribution is 6.30. The molecule has 0 saturated carbocycles. The first-order valence-corrected chi connectivity index (χ1v) is 6.43. The molecular weight excluding hydrogens is 252 g/mol. The molecule has 0 saturated heterocycles. The highest BCUT2D eigenvalue weighted by Gasteiger charge is 2.05. The Bertz CT molecular complexity index is 397. The second-order valence-corrected chi connectivity index (χ2v) is 4.28. The Morgan fingerprint density at radius 1 is 1.50 bits per heavy atom. The van der Waals surface area contributed by atoms with Crippen molar-refractivity contribution >= 4 is 17.5 Å². The van der Waals surface area contributed by atoms with E-state index in [1.165, 1.54) is 0 Å². The van der Waals surface area contributed by atoms with Gasteiger partial charge in [0.05, 0.1) is 13.0 Å². The summed E-state index contributed by atoms with van der Waals surface area (Å²) in [4.78, 5) is 11.3. The molecule has 100 valence electrons. The van der Waals surface area contributed by atoms with Gasteiger partial charge in [-0.2, -0.15) is 0 Å². The first kappa shape index (κ1) is 14.8. The number of carbonyl (C=O) groups excluding carboxylic acids is 1. The van der Waals surface area contributed by atoms with E-state index >= 15 is 0 Å². The molecule has 0 heterocycles. The fourth-order valence-electron chi connectivity index (χ4n) is 1.58. The van der Waals surface area contributed by atoms with Crippen molar-refractivity contribution < 1.29 is 9.53 Å². The minimum absolute atomic E-state index is 0.00756.